The van der Waals surface area contributed by atoms with Gasteiger partial charge in [0.05, 0.1) is 0 Å². The van der Waals surface area contributed by atoms with Crippen molar-refractivity contribution >= 4 is 0 Å². The third-order valence-corrected chi connectivity index (χ3v) is 3.10. The Morgan fingerprint density at radius 1 is 1.43 bits per heavy atom. The maximum atomic E-state index is 4.08. The molecule has 1 aliphatic rings. The fourth-order valence-electron chi connectivity index (χ4n) is 2.70. The second kappa shape index (κ2) is 4.06. The molecule has 0 N–H and O–H groups in total. The molecule has 0 aromatic carbocycles. The van der Waals surface area contributed by atoms with Crippen LogP contribution in [-0.2, 0) is 0 Å². The van der Waals surface area contributed by atoms with E-state index in [-0.39, 0.29) is 0 Å². The third kappa shape index (κ3) is 3.13. The van der Waals surface area contributed by atoms with E-state index in [2.05, 4.69) is 46.2 Å². The molecule has 0 spiro atoms. The molecule has 0 aromatic rings. The molecule has 2 atom stereocenters. The fourth-order valence-corrected chi connectivity index (χ4v) is 2.70. The summed E-state index contributed by atoms with van der Waals surface area (Å²) >= 11 is 0. The highest BCUT2D eigenvalue weighted by Crippen LogP contribution is 2.34. The quantitative estimate of drug-likeness (QED) is 0.611. The van der Waals surface area contributed by atoms with Crippen molar-refractivity contribution < 1.29 is 0 Å². The van der Waals surface area contributed by atoms with E-state index in [1.165, 1.54) is 25.0 Å². The lowest BCUT2D eigenvalue weighted by atomic mass is 9.83. The molecule has 14 heavy (non-hydrogen) atoms. The lowest BCUT2D eigenvalue weighted by Gasteiger charge is -2.22. The minimum absolute atomic E-state index is 0.468. The van der Waals surface area contributed by atoms with Crippen LogP contribution >= 0.6 is 0 Å². The van der Waals surface area contributed by atoms with Gasteiger partial charge in [0.2, 0.25) is 0 Å². The Balaban J connectivity index is 2.51. The van der Waals surface area contributed by atoms with Crippen LogP contribution in [0.1, 0.15) is 40.5 Å². The van der Waals surface area contributed by atoms with Gasteiger partial charge in [-0.05, 0) is 38.1 Å². The Hall–Kier alpha value is -0.300. The first-order valence-electron chi connectivity index (χ1n) is 5.65. The SMILES string of the molecule is C=C(C)C1CC(CC(C)(C)C)CN1C. The van der Waals surface area contributed by atoms with Crippen molar-refractivity contribution in [3.05, 3.63) is 12.2 Å². The topological polar surface area (TPSA) is 3.24 Å². The minimum Gasteiger partial charge on any atom is -0.299 e. The number of hydrogen-bond acceptors (Lipinski definition) is 1. The van der Waals surface area contributed by atoms with Gasteiger partial charge in [-0.25, -0.2) is 0 Å². The Bertz CT molecular complexity index is 212. The van der Waals surface area contributed by atoms with Crippen molar-refractivity contribution in [2.24, 2.45) is 11.3 Å². The first-order valence-corrected chi connectivity index (χ1v) is 5.65. The van der Waals surface area contributed by atoms with Crippen molar-refractivity contribution in [2.75, 3.05) is 13.6 Å². The molecule has 1 fully saturated rings. The van der Waals surface area contributed by atoms with E-state index < -0.39 is 0 Å². The van der Waals surface area contributed by atoms with Gasteiger partial charge < -0.3 is 0 Å². The summed E-state index contributed by atoms with van der Waals surface area (Å²) in [5.41, 5.74) is 1.79. The highest BCUT2D eigenvalue weighted by Gasteiger charge is 2.31. The first kappa shape index (κ1) is 11.8. The molecule has 1 heteroatoms. The maximum Gasteiger partial charge on any atom is 0.0302 e. The second-order valence-electron chi connectivity index (χ2n) is 6.17. The molecule has 0 radical (unpaired) electrons. The van der Waals surface area contributed by atoms with Crippen LogP contribution in [0.15, 0.2) is 12.2 Å². The molecule has 1 saturated heterocycles. The van der Waals surface area contributed by atoms with Crippen molar-refractivity contribution in [3.63, 3.8) is 0 Å². The molecule has 2 unspecified atom stereocenters. The second-order valence-corrected chi connectivity index (χ2v) is 6.17. The maximum absolute atomic E-state index is 4.08. The van der Waals surface area contributed by atoms with E-state index >= 15 is 0 Å². The lowest BCUT2D eigenvalue weighted by molar-refractivity contribution is 0.286. The van der Waals surface area contributed by atoms with Crippen LogP contribution in [0.5, 0.6) is 0 Å². The van der Waals surface area contributed by atoms with E-state index in [1.807, 2.05) is 0 Å². The van der Waals surface area contributed by atoms with Gasteiger partial charge in [0.1, 0.15) is 0 Å². The van der Waals surface area contributed by atoms with Gasteiger partial charge in [0.15, 0.2) is 0 Å². The predicted octanol–water partition coefficient (Wildman–Crippen LogP) is 3.32. The number of nitrogens with zero attached hydrogens (tertiary/aromatic N) is 1. The Kier molecular flexibility index (Phi) is 3.41. The molecule has 0 aromatic heterocycles. The Labute approximate surface area is 89.2 Å². The standard InChI is InChI=1S/C13H25N/c1-10(2)12-7-11(9-14(12)6)8-13(3,4)5/h11-12H,1,7-9H2,2-6H3. The smallest absolute Gasteiger partial charge is 0.0302 e. The summed E-state index contributed by atoms with van der Waals surface area (Å²) in [5.74, 6) is 0.863. The highest BCUT2D eigenvalue weighted by atomic mass is 15.2. The zero-order valence-electron chi connectivity index (χ0n) is 10.4. The summed E-state index contributed by atoms with van der Waals surface area (Å²) in [6.45, 7) is 14.5. The van der Waals surface area contributed by atoms with Crippen molar-refractivity contribution in [1.29, 1.82) is 0 Å². The molecule has 1 heterocycles. The van der Waals surface area contributed by atoms with Crippen LogP contribution in [0, 0.1) is 11.3 Å². The van der Waals surface area contributed by atoms with Gasteiger partial charge >= 0.3 is 0 Å². The average molecular weight is 195 g/mol. The lowest BCUT2D eigenvalue weighted by Crippen LogP contribution is -2.25. The van der Waals surface area contributed by atoms with Gasteiger partial charge in [-0.3, -0.25) is 4.90 Å². The zero-order valence-corrected chi connectivity index (χ0v) is 10.4. The number of likely N-dealkylation sites (tertiary alicyclic amines) is 1. The number of likely N-dealkylation sites (N-methyl/N-ethyl adjacent to an activating group) is 1. The van der Waals surface area contributed by atoms with Gasteiger partial charge in [0, 0.05) is 12.6 Å². The summed E-state index contributed by atoms with van der Waals surface area (Å²) in [6, 6.07) is 0.627. The third-order valence-electron chi connectivity index (χ3n) is 3.10. The average Bonchev–Trinajstić information content (AvgIpc) is 2.26. The van der Waals surface area contributed by atoms with Gasteiger partial charge in [-0.1, -0.05) is 32.9 Å². The normalized spacial score (nSPS) is 29.5. The Morgan fingerprint density at radius 3 is 2.36 bits per heavy atom. The molecule has 0 aliphatic carbocycles. The molecular weight excluding hydrogens is 170 g/mol. The summed E-state index contributed by atoms with van der Waals surface area (Å²) in [4.78, 5) is 2.46. The minimum atomic E-state index is 0.468. The van der Waals surface area contributed by atoms with Crippen LogP contribution in [0.2, 0.25) is 0 Å². The molecule has 1 nitrogen and oxygen atoms in total. The predicted molar refractivity (Wildman–Crippen MR) is 63.4 cm³/mol. The fraction of sp³-hybridized carbons (Fsp3) is 0.846. The van der Waals surface area contributed by atoms with Crippen molar-refractivity contribution in [2.45, 2.75) is 46.6 Å². The highest BCUT2D eigenvalue weighted by molar-refractivity contribution is 5.06. The molecule has 1 aliphatic heterocycles. The molecule has 82 valence electrons. The molecule has 1 rings (SSSR count). The molecule has 0 bridgehead atoms. The van der Waals surface area contributed by atoms with E-state index in [0.29, 0.717) is 11.5 Å². The number of hydrogen-bond donors (Lipinski definition) is 0. The largest absolute Gasteiger partial charge is 0.299 e. The van der Waals surface area contributed by atoms with Crippen molar-refractivity contribution in [1.82, 2.24) is 4.90 Å². The molecular formula is C13H25N. The van der Waals surface area contributed by atoms with Crippen LogP contribution in [0.4, 0.5) is 0 Å². The van der Waals surface area contributed by atoms with E-state index in [4.69, 9.17) is 0 Å². The Morgan fingerprint density at radius 2 is 2.00 bits per heavy atom. The van der Waals surface area contributed by atoms with Crippen LogP contribution in [0.3, 0.4) is 0 Å². The van der Waals surface area contributed by atoms with Crippen molar-refractivity contribution in [3.8, 4) is 0 Å². The van der Waals surface area contributed by atoms with Crippen LogP contribution in [0.25, 0.3) is 0 Å². The summed E-state index contributed by atoms with van der Waals surface area (Å²) in [6.07, 6.45) is 2.64. The van der Waals surface area contributed by atoms with Crippen LogP contribution in [-0.4, -0.2) is 24.5 Å². The summed E-state index contributed by atoms with van der Waals surface area (Å²) < 4.78 is 0. The first-order chi connectivity index (χ1) is 6.29. The zero-order chi connectivity index (χ0) is 10.9. The summed E-state index contributed by atoms with van der Waals surface area (Å²) in [5, 5.41) is 0. The summed E-state index contributed by atoms with van der Waals surface area (Å²) in [7, 11) is 2.22. The molecule has 0 saturated carbocycles. The van der Waals surface area contributed by atoms with Gasteiger partial charge in [-0.15, -0.1) is 0 Å². The van der Waals surface area contributed by atoms with E-state index in [0.717, 1.165) is 5.92 Å². The van der Waals surface area contributed by atoms with Crippen LogP contribution < -0.4 is 0 Å². The van der Waals surface area contributed by atoms with E-state index in [9.17, 15) is 0 Å². The van der Waals surface area contributed by atoms with Gasteiger partial charge in [0.25, 0.3) is 0 Å². The molecule has 0 amide bonds. The van der Waals surface area contributed by atoms with Gasteiger partial charge in [-0.2, -0.15) is 0 Å². The number of rotatable bonds is 2. The van der Waals surface area contributed by atoms with E-state index in [1.54, 1.807) is 0 Å². The monoisotopic (exact) mass is 195 g/mol.